The maximum absolute atomic E-state index is 13.4. The molecule has 0 radical (unpaired) electrons. The van der Waals surface area contributed by atoms with Gasteiger partial charge in [-0.1, -0.05) is 19.9 Å². The number of carbonyl (C=O) groups excluding carboxylic acids is 1. The van der Waals surface area contributed by atoms with E-state index in [1.54, 1.807) is 7.11 Å². The number of aliphatic hydroxyl groups excluding tert-OH is 1. The van der Waals surface area contributed by atoms with Crippen molar-refractivity contribution in [3.8, 4) is 0 Å². The van der Waals surface area contributed by atoms with Crippen LogP contribution in [0.5, 0.6) is 0 Å². The SMILES string of the molecule is C=C1C(=O)C23CCC1CC2C1(COC)CCCC(C)(COS(C)(=O)=O)C1CC3O. The Morgan fingerprint density at radius 3 is 2.55 bits per heavy atom. The molecule has 0 aromatic rings. The number of aliphatic hydroxyl groups is 1. The maximum Gasteiger partial charge on any atom is 0.264 e. The van der Waals surface area contributed by atoms with Crippen molar-refractivity contribution in [1.82, 2.24) is 0 Å². The molecule has 0 aliphatic heterocycles. The summed E-state index contributed by atoms with van der Waals surface area (Å²) < 4.78 is 34.5. The zero-order valence-corrected chi connectivity index (χ0v) is 18.6. The number of methoxy groups -OCH3 is 1. The molecule has 7 atom stereocenters. The van der Waals surface area contributed by atoms with Crippen molar-refractivity contribution in [2.75, 3.05) is 26.6 Å². The smallest absolute Gasteiger partial charge is 0.264 e. The van der Waals surface area contributed by atoms with E-state index in [1.807, 2.05) is 0 Å². The predicted molar refractivity (Wildman–Crippen MR) is 109 cm³/mol. The van der Waals surface area contributed by atoms with Crippen LogP contribution in [-0.2, 0) is 23.8 Å². The van der Waals surface area contributed by atoms with Crippen LogP contribution < -0.4 is 0 Å². The summed E-state index contributed by atoms with van der Waals surface area (Å²) in [6.45, 7) is 6.79. The monoisotopic (exact) mass is 426 g/mol. The van der Waals surface area contributed by atoms with Gasteiger partial charge in [0.25, 0.3) is 10.1 Å². The van der Waals surface area contributed by atoms with Gasteiger partial charge in [-0.3, -0.25) is 8.98 Å². The van der Waals surface area contributed by atoms with Crippen molar-refractivity contribution in [2.24, 2.45) is 34.0 Å². The van der Waals surface area contributed by atoms with Crippen LogP contribution in [0.25, 0.3) is 0 Å². The fraction of sp³-hybridized carbons (Fsp3) is 0.864. The van der Waals surface area contributed by atoms with Crippen LogP contribution in [-0.4, -0.2) is 52.0 Å². The van der Waals surface area contributed by atoms with Gasteiger partial charge in [0, 0.05) is 12.5 Å². The lowest BCUT2D eigenvalue weighted by Gasteiger charge is -2.69. The molecule has 6 nitrogen and oxygen atoms in total. The molecule has 7 heteroatoms. The molecule has 0 amide bonds. The Hall–Kier alpha value is -0.760. The van der Waals surface area contributed by atoms with Crippen LogP contribution in [0.1, 0.15) is 51.9 Å². The second kappa shape index (κ2) is 6.87. The van der Waals surface area contributed by atoms with E-state index >= 15 is 0 Å². The van der Waals surface area contributed by atoms with Gasteiger partial charge in [0.05, 0.1) is 31.0 Å². The second-order valence-corrected chi connectivity index (χ2v) is 12.0. The van der Waals surface area contributed by atoms with Gasteiger partial charge >= 0.3 is 0 Å². The standard InChI is InChI=1S/C22H34O6S/c1-14-15-6-9-22(19(14)24)17(10-15)21(13-27-3)8-5-7-20(2,12-28-29(4,25)26)16(21)11-18(22)23/h15-18,23H,1,5-13H2,2-4H3. The minimum atomic E-state index is -3.55. The summed E-state index contributed by atoms with van der Waals surface area (Å²) in [5.41, 5.74) is -0.705. The summed E-state index contributed by atoms with van der Waals surface area (Å²) in [5.74, 6) is 0.329. The first kappa shape index (κ1) is 21.5. The van der Waals surface area contributed by atoms with Crippen molar-refractivity contribution in [2.45, 2.75) is 58.0 Å². The number of Topliss-reactive ketones (excluding diaryl/α,β-unsaturated/α-hetero) is 1. The normalized spacial score (nSPS) is 47.0. The maximum atomic E-state index is 13.4. The summed E-state index contributed by atoms with van der Waals surface area (Å²) in [7, 11) is -1.85. The number of allylic oxidation sites excluding steroid dienone is 1. The first-order valence-electron chi connectivity index (χ1n) is 10.8. The lowest BCUT2D eigenvalue weighted by atomic mass is 9.35. The van der Waals surface area contributed by atoms with Gasteiger partial charge in [-0.05, 0) is 67.3 Å². The van der Waals surface area contributed by atoms with Crippen molar-refractivity contribution >= 4 is 15.9 Å². The zero-order valence-electron chi connectivity index (χ0n) is 17.8. The molecule has 1 spiro atoms. The summed E-state index contributed by atoms with van der Waals surface area (Å²) >= 11 is 0. The molecule has 7 unspecified atom stereocenters. The highest BCUT2D eigenvalue weighted by atomic mass is 32.2. The van der Waals surface area contributed by atoms with Crippen molar-refractivity contribution in [3.05, 3.63) is 12.2 Å². The van der Waals surface area contributed by atoms with E-state index in [4.69, 9.17) is 8.92 Å². The van der Waals surface area contributed by atoms with Gasteiger partial charge in [-0.25, -0.2) is 0 Å². The third-order valence-electron chi connectivity index (χ3n) is 8.94. The molecule has 0 heterocycles. The van der Waals surface area contributed by atoms with E-state index < -0.39 is 21.6 Å². The number of rotatable bonds is 5. The number of carbonyl (C=O) groups is 1. The van der Waals surface area contributed by atoms with E-state index in [0.29, 0.717) is 18.6 Å². The minimum absolute atomic E-state index is 0.0384. The van der Waals surface area contributed by atoms with Gasteiger partial charge < -0.3 is 9.84 Å². The van der Waals surface area contributed by atoms with Crippen LogP contribution in [0, 0.1) is 34.0 Å². The largest absolute Gasteiger partial charge is 0.392 e. The van der Waals surface area contributed by atoms with Crippen LogP contribution in [0.2, 0.25) is 0 Å². The molecule has 5 aliphatic carbocycles. The van der Waals surface area contributed by atoms with E-state index in [2.05, 4.69) is 13.5 Å². The van der Waals surface area contributed by atoms with Crippen molar-refractivity contribution in [1.29, 1.82) is 0 Å². The molecule has 2 bridgehead atoms. The lowest BCUT2D eigenvalue weighted by Crippen LogP contribution is -2.70. The highest BCUT2D eigenvalue weighted by molar-refractivity contribution is 7.85. The highest BCUT2D eigenvalue weighted by Gasteiger charge is 2.71. The molecule has 1 N–H and O–H groups in total. The van der Waals surface area contributed by atoms with Crippen LogP contribution in [0.4, 0.5) is 0 Å². The summed E-state index contributed by atoms with van der Waals surface area (Å²) in [6, 6.07) is 0. The molecule has 29 heavy (non-hydrogen) atoms. The summed E-state index contributed by atoms with van der Waals surface area (Å²) in [6.07, 6.45) is 6.04. The van der Waals surface area contributed by atoms with Crippen molar-refractivity contribution in [3.63, 3.8) is 0 Å². The number of hydrogen-bond donors (Lipinski definition) is 1. The van der Waals surface area contributed by atoms with Gasteiger partial charge in [0.2, 0.25) is 0 Å². The third kappa shape index (κ3) is 2.99. The van der Waals surface area contributed by atoms with Crippen LogP contribution in [0.3, 0.4) is 0 Å². The predicted octanol–water partition coefficient (Wildman–Crippen LogP) is 2.71. The molecule has 5 aliphatic rings. The summed E-state index contributed by atoms with van der Waals surface area (Å²) in [4.78, 5) is 13.4. The first-order chi connectivity index (χ1) is 13.5. The molecule has 5 rings (SSSR count). The third-order valence-corrected chi connectivity index (χ3v) is 9.49. The van der Waals surface area contributed by atoms with Gasteiger partial charge in [0.15, 0.2) is 5.78 Å². The number of hydrogen-bond acceptors (Lipinski definition) is 6. The zero-order chi connectivity index (χ0) is 21.2. The summed E-state index contributed by atoms with van der Waals surface area (Å²) in [5, 5.41) is 11.4. The molecule has 5 fully saturated rings. The van der Waals surface area contributed by atoms with Gasteiger partial charge in [-0.2, -0.15) is 8.42 Å². The highest BCUT2D eigenvalue weighted by Crippen LogP contribution is 2.71. The Morgan fingerprint density at radius 1 is 1.17 bits per heavy atom. The van der Waals surface area contributed by atoms with E-state index in [1.165, 1.54) is 0 Å². The average Bonchev–Trinajstić information content (AvgIpc) is 2.66. The quantitative estimate of drug-likeness (QED) is 0.537. The Balaban J connectivity index is 1.79. The van der Waals surface area contributed by atoms with Gasteiger partial charge in [-0.15, -0.1) is 0 Å². The Bertz CT molecular complexity index is 817. The van der Waals surface area contributed by atoms with Crippen LogP contribution in [0.15, 0.2) is 12.2 Å². The molecule has 5 saturated carbocycles. The second-order valence-electron chi connectivity index (χ2n) is 10.4. The fourth-order valence-electron chi connectivity index (χ4n) is 7.76. The fourth-order valence-corrected chi connectivity index (χ4v) is 8.24. The Labute approximate surface area is 174 Å². The lowest BCUT2D eigenvalue weighted by molar-refractivity contribution is -0.235. The topological polar surface area (TPSA) is 89.9 Å². The molecular formula is C22H34O6S. The van der Waals surface area contributed by atoms with E-state index in [0.717, 1.165) is 44.8 Å². The van der Waals surface area contributed by atoms with Crippen LogP contribution >= 0.6 is 0 Å². The molecule has 164 valence electrons. The molecule has 0 aromatic heterocycles. The average molecular weight is 427 g/mol. The Kier molecular flexibility index (Phi) is 5.09. The minimum Gasteiger partial charge on any atom is -0.392 e. The number of fused-ring (bicyclic) bond motifs is 3. The first-order valence-corrected chi connectivity index (χ1v) is 12.6. The number of ketones is 1. The molecule has 0 aromatic carbocycles. The Morgan fingerprint density at radius 2 is 1.90 bits per heavy atom. The van der Waals surface area contributed by atoms with Gasteiger partial charge in [0.1, 0.15) is 0 Å². The molecule has 0 saturated heterocycles. The van der Waals surface area contributed by atoms with Crippen molar-refractivity contribution < 1.29 is 27.2 Å². The molecular weight excluding hydrogens is 392 g/mol. The van der Waals surface area contributed by atoms with E-state index in [9.17, 15) is 18.3 Å². The number of ether oxygens (including phenoxy) is 1. The van der Waals surface area contributed by atoms with E-state index in [-0.39, 0.29) is 41.0 Å².